The van der Waals surface area contributed by atoms with E-state index in [9.17, 15) is 0 Å². The first-order valence-electron chi connectivity index (χ1n) is 6.66. The van der Waals surface area contributed by atoms with Crippen molar-refractivity contribution < 1.29 is 9.94 Å². The third-order valence-corrected chi connectivity index (χ3v) is 3.27. The molecule has 1 aromatic rings. The normalized spacial score (nSPS) is 12.6. The van der Waals surface area contributed by atoms with Crippen molar-refractivity contribution in [1.29, 1.82) is 0 Å². The van der Waals surface area contributed by atoms with Crippen molar-refractivity contribution in [2.75, 3.05) is 13.2 Å². The number of rotatable bonds is 8. The molecule has 4 nitrogen and oxygen atoms in total. The van der Waals surface area contributed by atoms with Crippen molar-refractivity contribution in [3.63, 3.8) is 0 Å². The van der Waals surface area contributed by atoms with Gasteiger partial charge in [0.2, 0.25) is 0 Å². The highest BCUT2D eigenvalue weighted by atomic mass is 16.5. The summed E-state index contributed by atoms with van der Waals surface area (Å²) in [6.07, 6.45) is 2.78. The van der Waals surface area contributed by atoms with Gasteiger partial charge in [-0.1, -0.05) is 49.3 Å². The average Bonchev–Trinajstić information content (AvgIpc) is 2.42. The van der Waals surface area contributed by atoms with E-state index >= 15 is 0 Å². The summed E-state index contributed by atoms with van der Waals surface area (Å²) in [5.74, 6) is 0.250. The predicted octanol–water partition coefficient (Wildman–Crippen LogP) is 2.80. The van der Waals surface area contributed by atoms with Gasteiger partial charge in [0.15, 0.2) is 0 Å². The van der Waals surface area contributed by atoms with Crippen LogP contribution in [0, 0.1) is 5.41 Å². The molecule has 0 heterocycles. The summed E-state index contributed by atoms with van der Waals surface area (Å²) in [7, 11) is 0. The minimum Gasteiger partial charge on any atom is -0.409 e. The number of oxime groups is 1. The summed E-state index contributed by atoms with van der Waals surface area (Å²) < 4.78 is 5.59. The van der Waals surface area contributed by atoms with Gasteiger partial charge in [-0.25, -0.2) is 0 Å². The van der Waals surface area contributed by atoms with Gasteiger partial charge in [-0.05, 0) is 24.8 Å². The Kier molecular flexibility index (Phi) is 6.36. The Morgan fingerprint density at radius 3 is 2.58 bits per heavy atom. The summed E-state index contributed by atoms with van der Waals surface area (Å²) in [5.41, 5.74) is 6.62. The number of hydrogen-bond donors (Lipinski definition) is 2. The highest BCUT2D eigenvalue weighted by molar-refractivity contribution is 5.85. The van der Waals surface area contributed by atoms with Crippen LogP contribution in [0.2, 0.25) is 0 Å². The fourth-order valence-electron chi connectivity index (χ4n) is 1.72. The number of amidine groups is 1. The smallest absolute Gasteiger partial charge is 0.144 e. The Morgan fingerprint density at radius 1 is 1.26 bits per heavy atom. The van der Waals surface area contributed by atoms with E-state index in [0.717, 1.165) is 25.9 Å². The fraction of sp³-hybridized carbons (Fsp3) is 0.533. The molecule has 0 aliphatic carbocycles. The second-order valence-electron chi connectivity index (χ2n) is 5.32. The number of nitrogens with two attached hydrogens (primary N) is 1. The molecule has 0 aliphatic rings. The zero-order chi connectivity index (χ0) is 14.1. The van der Waals surface area contributed by atoms with E-state index in [4.69, 9.17) is 15.7 Å². The summed E-state index contributed by atoms with van der Waals surface area (Å²) >= 11 is 0. The lowest BCUT2D eigenvalue weighted by atomic mass is 9.88. The number of benzene rings is 1. The maximum atomic E-state index is 8.66. The van der Waals surface area contributed by atoms with Gasteiger partial charge in [0.05, 0.1) is 0 Å². The molecule has 1 aromatic carbocycles. The number of ether oxygens (including phenoxy) is 1. The van der Waals surface area contributed by atoms with E-state index in [1.165, 1.54) is 5.56 Å². The van der Waals surface area contributed by atoms with Crippen molar-refractivity contribution in [2.24, 2.45) is 16.3 Å². The van der Waals surface area contributed by atoms with E-state index in [1.54, 1.807) is 0 Å². The molecule has 0 spiro atoms. The van der Waals surface area contributed by atoms with Crippen LogP contribution < -0.4 is 5.73 Å². The molecule has 0 saturated heterocycles. The molecule has 0 amide bonds. The van der Waals surface area contributed by atoms with E-state index in [-0.39, 0.29) is 11.3 Å². The first-order valence-corrected chi connectivity index (χ1v) is 6.66. The highest BCUT2D eigenvalue weighted by Gasteiger charge is 2.22. The minimum absolute atomic E-state index is 0.250. The van der Waals surface area contributed by atoms with Crippen molar-refractivity contribution in [2.45, 2.75) is 33.1 Å². The Hall–Kier alpha value is -1.55. The second kappa shape index (κ2) is 7.79. The molecule has 4 heteroatoms. The topological polar surface area (TPSA) is 67.8 Å². The van der Waals surface area contributed by atoms with E-state index in [2.05, 4.69) is 29.4 Å². The molecule has 106 valence electrons. The SMILES string of the molecule is CC(C)(CCOCCCc1ccccc1)C(N)=NO. The number of aryl methyl sites for hydroxylation is 1. The standard InChI is InChI=1S/C15H24N2O2/c1-15(2,14(16)17-18)10-12-19-11-6-9-13-7-4-3-5-8-13/h3-5,7-8,18H,6,9-12H2,1-2H3,(H2,16,17). The Labute approximate surface area is 115 Å². The van der Waals surface area contributed by atoms with Crippen LogP contribution in [0.15, 0.2) is 35.5 Å². The quantitative estimate of drug-likeness (QED) is 0.249. The zero-order valence-corrected chi connectivity index (χ0v) is 11.8. The van der Waals surface area contributed by atoms with Crippen molar-refractivity contribution in [3.05, 3.63) is 35.9 Å². The lowest BCUT2D eigenvalue weighted by molar-refractivity contribution is 0.114. The van der Waals surface area contributed by atoms with Gasteiger partial charge in [0.25, 0.3) is 0 Å². The summed E-state index contributed by atoms with van der Waals surface area (Å²) in [4.78, 5) is 0. The average molecular weight is 264 g/mol. The molecule has 0 atom stereocenters. The van der Waals surface area contributed by atoms with E-state index in [0.29, 0.717) is 6.61 Å². The molecule has 0 fully saturated rings. The third-order valence-electron chi connectivity index (χ3n) is 3.27. The van der Waals surface area contributed by atoms with E-state index in [1.807, 2.05) is 19.9 Å². The zero-order valence-electron chi connectivity index (χ0n) is 11.8. The molecule has 19 heavy (non-hydrogen) atoms. The van der Waals surface area contributed by atoms with Crippen LogP contribution in [0.3, 0.4) is 0 Å². The molecule has 0 unspecified atom stereocenters. The van der Waals surface area contributed by atoms with Gasteiger partial charge in [0, 0.05) is 18.6 Å². The molecule has 0 aliphatic heterocycles. The van der Waals surface area contributed by atoms with Gasteiger partial charge in [-0.15, -0.1) is 0 Å². The summed E-state index contributed by atoms with van der Waals surface area (Å²) in [6.45, 7) is 5.24. The van der Waals surface area contributed by atoms with E-state index < -0.39 is 0 Å². The van der Waals surface area contributed by atoms with Gasteiger partial charge >= 0.3 is 0 Å². The Balaban J connectivity index is 2.12. The van der Waals surface area contributed by atoms with Crippen LogP contribution in [-0.4, -0.2) is 24.3 Å². The summed E-state index contributed by atoms with van der Waals surface area (Å²) in [5, 5.41) is 11.7. The predicted molar refractivity (Wildman–Crippen MR) is 77.4 cm³/mol. The van der Waals surface area contributed by atoms with Gasteiger partial charge in [0.1, 0.15) is 5.84 Å². The molecule has 0 saturated carbocycles. The molecule has 0 aromatic heterocycles. The molecule has 3 N–H and O–H groups in total. The minimum atomic E-state index is -0.325. The number of nitrogens with zero attached hydrogens (tertiary/aromatic N) is 1. The highest BCUT2D eigenvalue weighted by Crippen LogP contribution is 2.20. The van der Waals surface area contributed by atoms with Gasteiger partial charge in [-0.3, -0.25) is 0 Å². The fourth-order valence-corrected chi connectivity index (χ4v) is 1.72. The van der Waals surface area contributed by atoms with Gasteiger partial charge in [-0.2, -0.15) is 0 Å². The summed E-state index contributed by atoms with van der Waals surface area (Å²) in [6, 6.07) is 10.4. The maximum absolute atomic E-state index is 8.66. The first-order chi connectivity index (χ1) is 9.06. The van der Waals surface area contributed by atoms with Crippen LogP contribution >= 0.6 is 0 Å². The second-order valence-corrected chi connectivity index (χ2v) is 5.32. The lowest BCUT2D eigenvalue weighted by Gasteiger charge is -2.22. The largest absolute Gasteiger partial charge is 0.409 e. The van der Waals surface area contributed by atoms with Gasteiger partial charge < -0.3 is 15.7 Å². The van der Waals surface area contributed by atoms with Crippen LogP contribution in [-0.2, 0) is 11.2 Å². The van der Waals surface area contributed by atoms with Crippen molar-refractivity contribution in [3.8, 4) is 0 Å². The van der Waals surface area contributed by atoms with Crippen LogP contribution in [0.4, 0.5) is 0 Å². The van der Waals surface area contributed by atoms with Crippen LogP contribution in [0.1, 0.15) is 32.3 Å². The first kappa shape index (κ1) is 15.5. The van der Waals surface area contributed by atoms with Crippen LogP contribution in [0.25, 0.3) is 0 Å². The van der Waals surface area contributed by atoms with Crippen molar-refractivity contribution >= 4 is 5.84 Å². The Bertz CT molecular complexity index is 388. The van der Waals surface area contributed by atoms with Crippen LogP contribution in [0.5, 0.6) is 0 Å². The molecule has 0 radical (unpaired) electrons. The monoisotopic (exact) mass is 264 g/mol. The molecular formula is C15H24N2O2. The van der Waals surface area contributed by atoms with Crippen molar-refractivity contribution in [1.82, 2.24) is 0 Å². The Morgan fingerprint density at radius 2 is 1.95 bits per heavy atom. The lowest BCUT2D eigenvalue weighted by Crippen LogP contribution is -2.33. The molecule has 1 rings (SSSR count). The maximum Gasteiger partial charge on any atom is 0.144 e. The third kappa shape index (κ3) is 5.75. The number of hydrogen-bond acceptors (Lipinski definition) is 3. The molecule has 0 bridgehead atoms. The molecular weight excluding hydrogens is 240 g/mol.